The molecule has 0 aliphatic heterocycles. The quantitative estimate of drug-likeness (QED) is 0.793. The van der Waals surface area contributed by atoms with Crippen molar-refractivity contribution in [3.63, 3.8) is 0 Å². The van der Waals surface area contributed by atoms with Crippen molar-refractivity contribution < 1.29 is 14.4 Å². The van der Waals surface area contributed by atoms with E-state index in [2.05, 4.69) is 15.6 Å². The third-order valence-corrected chi connectivity index (χ3v) is 4.06. The van der Waals surface area contributed by atoms with E-state index in [-0.39, 0.29) is 24.7 Å². The number of rotatable bonds is 6. The molecule has 0 aliphatic rings. The van der Waals surface area contributed by atoms with Crippen LogP contribution in [0.2, 0.25) is 5.02 Å². The Kier molecular flexibility index (Phi) is 6.90. The monoisotopic (exact) mass is 388 g/mol. The molecule has 142 valence electrons. The minimum Gasteiger partial charge on any atom is -0.342 e. The average Bonchev–Trinajstić information content (AvgIpc) is 2.62. The van der Waals surface area contributed by atoms with Gasteiger partial charge in [0.15, 0.2) is 0 Å². The van der Waals surface area contributed by atoms with Gasteiger partial charge in [-0.1, -0.05) is 23.7 Å². The number of nitrogens with zero attached hydrogens (tertiary/aromatic N) is 2. The number of likely N-dealkylation sites (N-methyl/N-ethyl adjacent to an activating group) is 1. The fourth-order valence-electron chi connectivity index (χ4n) is 2.27. The smallest absolute Gasteiger partial charge is 0.270 e. The second-order valence-corrected chi connectivity index (χ2v) is 6.59. The summed E-state index contributed by atoms with van der Waals surface area (Å²) in [4.78, 5) is 41.4. The van der Waals surface area contributed by atoms with Gasteiger partial charge in [-0.25, -0.2) is 0 Å². The number of aryl methyl sites for hydroxylation is 2. The van der Waals surface area contributed by atoms with Gasteiger partial charge in [-0.3, -0.25) is 19.4 Å². The Morgan fingerprint density at radius 1 is 1.15 bits per heavy atom. The number of hydrogen-bond donors (Lipinski definition) is 2. The fourth-order valence-corrected chi connectivity index (χ4v) is 2.43. The largest absolute Gasteiger partial charge is 0.342 e. The number of benzene rings is 1. The van der Waals surface area contributed by atoms with Crippen molar-refractivity contribution in [2.24, 2.45) is 0 Å². The molecule has 0 radical (unpaired) electrons. The average molecular weight is 389 g/mol. The van der Waals surface area contributed by atoms with Crippen molar-refractivity contribution in [2.75, 3.05) is 25.5 Å². The summed E-state index contributed by atoms with van der Waals surface area (Å²) in [6.07, 6.45) is 1.41. The van der Waals surface area contributed by atoms with Gasteiger partial charge in [0, 0.05) is 24.0 Å². The molecule has 0 atom stereocenters. The highest BCUT2D eigenvalue weighted by Crippen LogP contribution is 2.16. The van der Waals surface area contributed by atoms with E-state index >= 15 is 0 Å². The molecule has 0 spiro atoms. The molecular weight excluding hydrogens is 368 g/mol. The van der Waals surface area contributed by atoms with Crippen LogP contribution in [0.15, 0.2) is 36.5 Å². The third kappa shape index (κ3) is 6.07. The second-order valence-electron chi connectivity index (χ2n) is 6.16. The van der Waals surface area contributed by atoms with E-state index in [4.69, 9.17) is 11.6 Å². The van der Waals surface area contributed by atoms with Crippen molar-refractivity contribution >= 4 is 35.0 Å². The zero-order chi connectivity index (χ0) is 20.0. The number of pyridine rings is 1. The molecule has 2 N–H and O–H groups in total. The minimum atomic E-state index is -0.515. The molecule has 0 saturated heterocycles. The van der Waals surface area contributed by atoms with Gasteiger partial charge in [0.05, 0.1) is 13.1 Å². The summed E-state index contributed by atoms with van der Waals surface area (Å²) in [5.74, 6) is -1.23. The summed E-state index contributed by atoms with van der Waals surface area (Å²) in [7, 11) is 1.49. The van der Waals surface area contributed by atoms with Crippen LogP contribution in [-0.2, 0) is 9.59 Å². The number of carbonyl (C=O) groups excluding carboxylic acids is 3. The Labute approximate surface area is 162 Å². The maximum absolute atomic E-state index is 12.2. The predicted octanol–water partition coefficient (Wildman–Crippen LogP) is 2.18. The third-order valence-electron chi connectivity index (χ3n) is 3.83. The first-order valence-electron chi connectivity index (χ1n) is 8.27. The van der Waals surface area contributed by atoms with Gasteiger partial charge in [0.2, 0.25) is 11.8 Å². The Morgan fingerprint density at radius 3 is 2.59 bits per heavy atom. The molecule has 2 aromatic rings. The zero-order valence-corrected chi connectivity index (χ0v) is 16.1. The molecule has 1 aromatic heterocycles. The molecule has 3 amide bonds. The van der Waals surface area contributed by atoms with E-state index < -0.39 is 11.8 Å². The standard InChI is InChI=1S/C19H21ClN4O3/c1-12-4-5-13(2)15(8-12)23-17(25)11-24(3)18(26)10-22-19(27)16-9-14(20)6-7-21-16/h4-9H,10-11H2,1-3H3,(H,22,27)(H,23,25). The van der Waals surface area contributed by atoms with Crippen LogP contribution >= 0.6 is 11.6 Å². The molecule has 2 rings (SSSR count). The van der Waals surface area contributed by atoms with E-state index in [1.807, 2.05) is 32.0 Å². The van der Waals surface area contributed by atoms with Crippen molar-refractivity contribution in [2.45, 2.75) is 13.8 Å². The minimum absolute atomic E-state index is 0.116. The van der Waals surface area contributed by atoms with E-state index in [1.165, 1.54) is 24.2 Å². The predicted molar refractivity (Wildman–Crippen MR) is 104 cm³/mol. The van der Waals surface area contributed by atoms with Crippen LogP contribution in [-0.4, -0.2) is 47.7 Å². The topological polar surface area (TPSA) is 91.4 Å². The summed E-state index contributed by atoms with van der Waals surface area (Å²) < 4.78 is 0. The molecule has 0 fully saturated rings. The number of amides is 3. The summed E-state index contributed by atoms with van der Waals surface area (Å²) >= 11 is 5.81. The molecule has 7 nitrogen and oxygen atoms in total. The lowest BCUT2D eigenvalue weighted by molar-refractivity contribution is -0.132. The molecule has 1 heterocycles. The summed E-state index contributed by atoms with van der Waals surface area (Å²) in [5.41, 5.74) is 2.79. The maximum atomic E-state index is 12.2. The normalized spacial score (nSPS) is 10.2. The number of nitrogens with one attached hydrogen (secondary N) is 2. The van der Waals surface area contributed by atoms with Crippen LogP contribution < -0.4 is 10.6 Å². The summed E-state index contributed by atoms with van der Waals surface area (Å²) in [6.45, 7) is 3.45. The van der Waals surface area contributed by atoms with Crippen molar-refractivity contribution in [1.29, 1.82) is 0 Å². The van der Waals surface area contributed by atoms with Gasteiger partial charge in [-0.05, 0) is 43.2 Å². The Morgan fingerprint density at radius 2 is 1.89 bits per heavy atom. The molecule has 0 saturated carbocycles. The van der Waals surface area contributed by atoms with Gasteiger partial charge < -0.3 is 15.5 Å². The van der Waals surface area contributed by atoms with Crippen LogP contribution in [0, 0.1) is 13.8 Å². The maximum Gasteiger partial charge on any atom is 0.270 e. The summed E-state index contributed by atoms with van der Waals surface area (Å²) in [5, 5.41) is 5.63. The second kappa shape index (κ2) is 9.14. The Hall–Kier alpha value is -2.93. The first-order chi connectivity index (χ1) is 12.8. The molecule has 8 heteroatoms. The highest BCUT2D eigenvalue weighted by Gasteiger charge is 2.16. The molecule has 0 aliphatic carbocycles. The molecule has 1 aromatic carbocycles. The van der Waals surface area contributed by atoms with Gasteiger partial charge >= 0.3 is 0 Å². The molecule has 0 bridgehead atoms. The van der Waals surface area contributed by atoms with Crippen molar-refractivity contribution in [3.05, 3.63) is 58.4 Å². The lowest BCUT2D eigenvalue weighted by Gasteiger charge is -2.18. The van der Waals surface area contributed by atoms with Crippen LogP contribution in [0.4, 0.5) is 5.69 Å². The number of carbonyl (C=O) groups is 3. The highest BCUT2D eigenvalue weighted by molar-refractivity contribution is 6.30. The lowest BCUT2D eigenvalue weighted by atomic mass is 10.1. The molecule has 27 heavy (non-hydrogen) atoms. The van der Waals surface area contributed by atoms with Crippen LogP contribution in [0.1, 0.15) is 21.6 Å². The first-order valence-corrected chi connectivity index (χ1v) is 8.65. The Balaban J connectivity index is 1.85. The van der Waals surface area contributed by atoms with Crippen molar-refractivity contribution in [3.8, 4) is 0 Å². The zero-order valence-electron chi connectivity index (χ0n) is 15.4. The number of aromatic nitrogens is 1. The van der Waals surface area contributed by atoms with Crippen LogP contribution in [0.25, 0.3) is 0 Å². The van der Waals surface area contributed by atoms with E-state index in [0.29, 0.717) is 10.7 Å². The van der Waals surface area contributed by atoms with Gasteiger partial charge in [0.1, 0.15) is 5.69 Å². The van der Waals surface area contributed by atoms with Crippen LogP contribution in [0.5, 0.6) is 0 Å². The molecule has 0 unspecified atom stereocenters. The Bertz CT molecular complexity index is 870. The lowest BCUT2D eigenvalue weighted by Crippen LogP contribution is -2.41. The van der Waals surface area contributed by atoms with E-state index in [0.717, 1.165) is 11.1 Å². The number of hydrogen-bond acceptors (Lipinski definition) is 4. The fraction of sp³-hybridized carbons (Fsp3) is 0.263. The number of halogens is 1. The van der Waals surface area contributed by atoms with Crippen LogP contribution in [0.3, 0.4) is 0 Å². The van der Waals surface area contributed by atoms with Crippen molar-refractivity contribution in [1.82, 2.24) is 15.2 Å². The summed E-state index contributed by atoms with van der Waals surface area (Å²) in [6, 6.07) is 8.69. The first kappa shape index (κ1) is 20.4. The van der Waals surface area contributed by atoms with Gasteiger partial charge in [-0.2, -0.15) is 0 Å². The van der Waals surface area contributed by atoms with E-state index in [9.17, 15) is 14.4 Å². The SMILES string of the molecule is Cc1ccc(C)c(NC(=O)CN(C)C(=O)CNC(=O)c2cc(Cl)ccn2)c1. The highest BCUT2D eigenvalue weighted by atomic mass is 35.5. The number of anilines is 1. The van der Waals surface area contributed by atoms with Gasteiger partial charge in [-0.15, -0.1) is 0 Å². The van der Waals surface area contributed by atoms with E-state index in [1.54, 1.807) is 6.07 Å². The van der Waals surface area contributed by atoms with Gasteiger partial charge in [0.25, 0.3) is 5.91 Å². The molecular formula is C19H21ClN4O3.